The number of hydrogen-bond acceptors (Lipinski definition) is 6. The maximum atomic E-state index is 13.3. The van der Waals surface area contributed by atoms with Crippen molar-refractivity contribution in [2.24, 2.45) is 0 Å². The average Bonchev–Trinajstić information content (AvgIpc) is 3.40. The summed E-state index contributed by atoms with van der Waals surface area (Å²) < 4.78 is 5.82. The first-order valence-electron chi connectivity index (χ1n) is 13.5. The highest BCUT2D eigenvalue weighted by atomic mass is 32.2. The van der Waals surface area contributed by atoms with Gasteiger partial charge in [-0.05, 0) is 79.8 Å². The van der Waals surface area contributed by atoms with Crippen LogP contribution in [-0.4, -0.2) is 66.6 Å². The third-order valence-corrected chi connectivity index (χ3v) is 7.99. The van der Waals surface area contributed by atoms with Gasteiger partial charge in [-0.15, -0.1) is 0 Å². The van der Waals surface area contributed by atoms with E-state index < -0.39 is 6.04 Å². The summed E-state index contributed by atoms with van der Waals surface area (Å²) in [6.07, 6.45) is 10.2. The van der Waals surface area contributed by atoms with Crippen molar-refractivity contribution in [3.63, 3.8) is 0 Å². The van der Waals surface area contributed by atoms with Crippen molar-refractivity contribution in [2.45, 2.75) is 76.1 Å². The normalized spacial score (nSPS) is 19.4. The van der Waals surface area contributed by atoms with E-state index in [9.17, 15) is 9.59 Å². The Bertz CT molecular complexity index is 983. The second-order valence-corrected chi connectivity index (χ2v) is 11.2. The summed E-state index contributed by atoms with van der Waals surface area (Å²) in [5, 5.41) is 9.03. The molecule has 1 saturated carbocycles. The van der Waals surface area contributed by atoms with Crippen molar-refractivity contribution < 1.29 is 14.3 Å². The van der Waals surface area contributed by atoms with Crippen LogP contribution >= 0.6 is 11.8 Å². The fourth-order valence-electron chi connectivity index (χ4n) is 5.44. The first-order chi connectivity index (χ1) is 17.6. The topological polar surface area (TPSA) is 70.7 Å². The summed E-state index contributed by atoms with van der Waals surface area (Å²) in [5.74, 6) is 0.415. The zero-order valence-electron chi connectivity index (χ0n) is 21.5. The molecule has 7 heteroatoms. The number of ether oxygens (including phenoxy) is 1. The van der Waals surface area contributed by atoms with Crippen molar-refractivity contribution in [3.8, 4) is 0 Å². The lowest BCUT2D eigenvalue weighted by molar-refractivity contribution is -0.154. The summed E-state index contributed by atoms with van der Waals surface area (Å²) in [6.45, 7) is 2.78. The van der Waals surface area contributed by atoms with Crippen molar-refractivity contribution in [3.05, 3.63) is 48.0 Å². The van der Waals surface area contributed by atoms with E-state index >= 15 is 0 Å². The lowest BCUT2D eigenvalue weighted by Crippen LogP contribution is -2.48. The van der Waals surface area contributed by atoms with Crippen LogP contribution in [0.2, 0.25) is 0 Å². The van der Waals surface area contributed by atoms with E-state index in [1.807, 2.05) is 6.26 Å². The molecule has 0 aromatic heterocycles. The predicted molar refractivity (Wildman–Crippen MR) is 148 cm³/mol. The number of hydrogen-bond donors (Lipinski definition) is 2. The molecule has 2 atom stereocenters. The number of carbonyl (C=O) groups is 2. The minimum absolute atomic E-state index is 0.00349. The van der Waals surface area contributed by atoms with Crippen LogP contribution in [0.4, 0.5) is 0 Å². The largest absolute Gasteiger partial charge is 0.461 e. The maximum absolute atomic E-state index is 13.3. The summed E-state index contributed by atoms with van der Waals surface area (Å²) in [7, 11) is 0. The number of amides is 1. The minimum atomic E-state index is -0.587. The molecule has 2 aliphatic rings. The Morgan fingerprint density at radius 2 is 1.89 bits per heavy atom. The van der Waals surface area contributed by atoms with Crippen molar-refractivity contribution in [1.82, 2.24) is 15.5 Å². The average molecular weight is 512 g/mol. The van der Waals surface area contributed by atoms with Gasteiger partial charge in [0.25, 0.3) is 0 Å². The molecular weight excluding hydrogens is 470 g/mol. The fourth-order valence-corrected chi connectivity index (χ4v) is 5.91. The van der Waals surface area contributed by atoms with Crippen molar-refractivity contribution in [1.29, 1.82) is 0 Å². The summed E-state index contributed by atoms with van der Waals surface area (Å²) >= 11 is 1.68. The van der Waals surface area contributed by atoms with Crippen LogP contribution in [-0.2, 0) is 20.9 Å². The fraction of sp³-hybridized carbons (Fsp3) is 0.586. The molecule has 4 rings (SSSR count). The number of nitrogens with one attached hydrogen (secondary N) is 2. The van der Waals surface area contributed by atoms with Gasteiger partial charge < -0.3 is 15.4 Å². The Hall–Kier alpha value is -2.09. The molecule has 0 radical (unpaired) electrons. The van der Waals surface area contributed by atoms with E-state index in [0.29, 0.717) is 19.0 Å². The SMILES string of the molecule is CSCC[C@H](NC(=O)CN(Cc1cccc2ccccc12)C[C@@H]1CCCN1)C(=O)OC1CCCCC1. The monoisotopic (exact) mass is 511 g/mol. The molecule has 0 spiro atoms. The third-order valence-electron chi connectivity index (χ3n) is 7.35. The molecule has 196 valence electrons. The highest BCUT2D eigenvalue weighted by Gasteiger charge is 2.27. The van der Waals surface area contributed by atoms with Gasteiger partial charge >= 0.3 is 5.97 Å². The molecule has 2 aromatic carbocycles. The Balaban J connectivity index is 1.42. The van der Waals surface area contributed by atoms with Crippen LogP contribution in [0.3, 0.4) is 0 Å². The van der Waals surface area contributed by atoms with Gasteiger partial charge in [-0.1, -0.05) is 48.9 Å². The number of thioether (sulfide) groups is 1. The Kier molecular flexibility index (Phi) is 10.5. The molecule has 1 heterocycles. The smallest absolute Gasteiger partial charge is 0.328 e. The van der Waals surface area contributed by atoms with E-state index in [0.717, 1.165) is 50.9 Å². The van der Waals surface area contributed by atoms with E-state index in [1.54, 1.807) is 11.8 Å². The molecule has 2 N–H and O–H groups in total. The first kappa shape index (κ1) is 27.0. The van der Waals surface area contributed by atoms with Gasteiger partial charge in [-0.2, -0.15) is 11.8 Å². The molecule has 1 aliphatic heterocycles. The number of nitrogens with zero attached hydrogens (tertiary/aromatic N) is 1. The molecule has 0 bridgehead atoms. The van der Waals surface area contributed by atoms with E-state index in [2.05, 4.69) is 58.0 Å². The highest BCUT2D eigenvalue weighted by Crippen LogP contribution is 2.22. The lowest BCUT2D eigenvalue weighted by Gasteiger charge is -2.28. The van der Waals surface area contributed by atoms with Gasteiger partial charge in [-0.25, -0.2) is 4.79 Å². The van der Waals surface area contributed by atoms with Crippen LogP contribution in [0.25, 0.3) is 10.8 Å². The molecule has 1 aliphatic carbocycles. The third kappa shape index (κ3) is 7.95. The number of benzene rings is 2. The standard InChI is InChI=1S/C29H41N3O3S/c1-36-18-16-27(29(34)35-25-13-3-2-4-14-25)31-28(33)21-32(20-24-12-8-17-30-24)19-23-11-7-10-22-9-5-6-15-26(22)23/h5-7,9-11,15,24-25,27,30H,2-4,8,12-14,16-21H2,1H3,(H,31,33)/t24-,27-/m0/s1. The van der Waals surface area contributed by atoms with Crippen molar-refractivity contribution in [2.75, 3.05) is 31.6 Å². The zero-order valence-corrected chi connectivity index (χ0v) is 22.4. The van der Waals surface area contributed by atoms with Gasteiger partial charge in [0.1, 0.15) is 12.1 Å². The minimum Gasteiger partial charge on any atom is -0.461 e. The molecule has 0 unspecified atom stereocenters. The summed E-state index contributed by atoms with van der Waals surface area (Å²) in [4.78, 5) is 28.5. The quantitative estimate of drug-likeness (QED) is 0.409. The van der Waals surface area contributed by atoms with Crippen LogP contribution < -0.4 is 10.6 Å². The number of fused-ring (bicyclic) bond motifs is 1. The van der Waals surface area contributed by atoms with Crippen LogP contribution in [0, 0.1) is 0 Å². The van der Waals surface area contributed by atoms with E-state index in [4.69, 9.17) is 4.74 Å². The Morgan fingerprint density at radius 1 is 1.08 bits per heavy atom. The van der Waals surface area contributed by atoms with Crippen LogP contribution in [0.5, 0.6) is 0 Å². The van der Waals surface area contributed by atoms with Gasteiger partial charge in [0.05, 0.1) is 6.54 Å². The molecular formula is C29H41N3O3S. The summed E-state index contributed by atoms with van der Waals surface area (Å²) in [5.41, 5.74) is 1.22. The number of rotatable bonds is 12. The maximum Gasteiger partial charge on any atom is 0.328 e. The van der Waals surface area contributed by atoms with Crippen LogP contribution in [0.15, 0.2) is 42.5 Å². The molecule has 2 fully saturated rings. The highest BCUT2D eigenvalue weighted by molar-refractivity contribution is 7.98. The van der Waals surface area contributed by atoms with Gasteiger partial charge in [0, 0.05) is 19.1 Å². The van der Waals surface area contributed by atoms with Gasteiger partial charge in [-0.3, -0.25) is 9.69 Å². The Labute approximate surface area is 219 Å². The molecule has 1 amide bonds. The zero-order chi connectivity index (χ0) is 25.2. The molecule has 2 aromatic rings. The second kappa shape index (κ2) is 14.0. The molecule has 1 saturated heterocycles. The van der Waals surface area contributed by atoms with Gasteiger partial charge in [0.15, 0.2) is 0 Å². The van der Waals surface area contributed by atoms with Crippen molar-refractivity contribution >= 4 is 34.4 Å². The Morgan fingerprint density at radius 3 is 2.67 bits per heavy atom. The molecule has 36 heavy (non-hydrogen) atoms. The second-order valence-electron chi connectivity index (χ2n) is 10.2. The van der Waals surface area contributed by atoms with E-state index in [-0.39, 0.29) is 24.5 Å². The number of carbonyl (C=O) groups excluding carboxylic acids is 2. The van der Waals surface area contributed by atoms with Crippen LogP contribution in [0.1, 0.15) is 56.9 Å². The van der Waals surface area contributed by atoms with Gasteiger partial charge in [0.2, 0.25) is 5.91 Å². The molecule has 6 nitrogen and oxygen atoms in total. The summed E-state index contributed by atoms with van der Waals surface area (Å²) in [6, 6.07) is 14.6. The number of esters is 1. The predicted octanol–water partition coefficient (Wildman–Crippen LogP) is 4.51. The lowest BCUT2D eigenvalue weighted by atomic mass is 9.98. The van der Waals surface area contributed by atoms with E-state index in [1.165, 1.54) is 29.2 Å². The first-order valence-corrected chi connectivity index (χ1v) is 14.9.